The monoisotopic (exact) mass is 350 g/mol. The zero-order valence-corrected chi connectivity index (χ0v) is 13.0. The fraction of sp³-hybridized carbons (Fsp3) is 0.545. The minimum Gasteiger partial charge on any atom is -0.480 e. The molecule has 0 spiro atoms. The molecule has 2 atom stereocenters. The molecule has 0 heterocycles. The Bertz CT molecular complexity index is 485. The van der Waals surface area contributed by atoms with E-state index in [0.717, 1.165) is 11.8 Å². The van der Waals surface area contributed by atoms with Crippen LogP contribution in [0.5, 0.6) is 0 Å². The summed E-state index contributed by atoms with van der Waals surface area (Å²) in [6.45, 7) is 0.251. The summed E-state index contributed by atoms with van der Waals surface area (Å²) in [4.78, 5) is 55.3. The lowest BCUT2D eigenvalue weighted by atomic mass is 10.3. The molecule has 7 N–H and O–H groups in total. The molecular formula is C11H18N4O7S. The van der Waals surface area contributed by atoms with Crippen LogP contribution in [0.4, 0.5) is 4.79 Å². The molecule has 0 saturated heterocycles. The predicted molar refractivity (Wildman–Crippen MR) is 79.7 cm³/mol. The highest BCUT2D eigenvalue weighted by molar-refractivity contribution is 8.13. The number of carbonyl (C=O) groups is 5. The summed E-state index contributed by atoms with van der Waals surface area (Å²) in [6.07, 6.45) is 0. The van der Waals surface area contributed by atoms with Crippen molar-refractivity contribution in [3.63, 3.8) is 0 Å². The number of hydrogen-bond acceptors (Lipinski definition) is 7. The second kappa shape index (κ2) is 10.4. The molecule has 0 fully saturated rings. The Hall–Kier alpha value is -2.34. The number of urea groups is 1. The van der Waals surface area contributed by atoms with Crippen LogP contribution >= 0.6 is 11.8 Å². The summed E-state index contributed by atoms with van der Waals surface area (Å²) in [7, 11) is 0. The number of nitrogens with one attached hydrogen (secondary N) is 3. The van der Waals surface area contributed by atoms with E-state index < -0.39 is 42.5 Å². The van der Waals surface area contributed by atoms with Crippen LogP contribution in [0.1, 0.15) is 6.92 Å². The minimum atomic E-state index is -1.31. The average Bonchev–Trinajstić information content (AvgIpc) is 2.45. The molecule has 1 unspecified atom stereocenters. The second-order valence-electron chi connectivity index (χ2n) is 4.27. The van der Waals surface area contributed by atoms with Gasteiger partial charge in [-0.2, -0.15) is 0 Å². The highest BCUT2D eigenvalue weighted by Crippen LogP contribution is 2.04. The molecule has 3 amide bonds. The molecule has 0 aliphatic carbocycles. The van der Waals surface area contributed by atoms with Gasteiger partial charge in [0, 0.05) is 19.2 Å². The van der Waals surface area contributed by atoms with Crippen LogP contribution in [0.15, 0.2) is 0 Å². The van der Waals surface area contributed by atoms with Gasteiger partial charge in [0.05, 0.1) is 0 Å². The van der Waals surface area contributed by atoms with Crippen molar-refractivity contribution in [1.29, 1.82) is 0 Å². The second-order valence-corrected chi connectivity index (χ2v) is 5.46. The molecular weight excluding hydrogens is 332 g/mol. The van der Waals surface area contributed by atoms with Crippen molar-refractivity contribution in [2.45, 2.75) is 19.0 Å². The lowest BCUT2D eigenvalue weighted by molar-refractivity contribution is -0.138. The lowest BCUT2D eigenvalue weighted by Gasteiger charge is -2.18. The number of carboxylic acid groups (broad SMARTS) is 2. The molecule has 0 aliphatic rings. The summed E-state index contributed by atoms with van der Waals surface area (Å²) < 4.78 is 0. The summed E-state index contributed by atoms with van der Waals surface area (Å²) in [5.41, 5.74) is 5.20. The summed E-state index contributed by atoms with van der Waals surface area (Å²) >= 11 is 0.765. The van der Waals surface area contributed by atoms with E-state index in [9.17, 15) is 24.0 Å². The molecule has 0 aliphatic heterocycles. The highest BCUT2D eigenvalue weighted by atomic mass is 32.2. The van der Waals surface area contributed by atoms with Gasteiger partial charge in [-0.15, -0.1) is 0 Å². The van der Waals surface area contributed by atoms with Gasteiger partial charge in [-0.25, -0.2) is 4.79 Å². The smallest absolute Gasteiger partial charge is 0.322 e. The van der Waals surface area contributed by atoms with E-state index in [-0.39, 0.29) is 17.4 Å². The van der Waals surface area contributed by atoms with Crippen molar-refractivity contribution in [2.75, 3.05) is 18.8 Å². The number of hydrogen-bond donors (Lipinski definition) is 6. The molecule has 11 nitrogen and oxygen atoms in total. The fourth-order valence-corrected chi connectivity index (χ4v) is 1.80. The van der Waals surface area contributed by atoms with Crippen LogP contribution in [0.3, 0.4) is 0 Å². The maximum absolute atomic E-state index is 11.8. The van der Waals surface area contributed by atoms with Gasteiger partial charge in [0.25, 0.3) is 0 Å². The van der Waals surface area contributed by atoms with E-state index >= 15 is 0 Å². The number of carbonyl (C=O) groups excluding carboxylic acids is 3. The van der Waals surface area contributed by atoms with Crippen LogP contribution in [0.25, 0.3) is 0 Å². The Morgan fingerprint density at radius 2 is 1.74 bits per heavy atom. The third-order valence-corrected chi connectivity index (χ3v) is 3.20. The van der Waals surface area contributed by atoms with Gasteiger partial charge in [-0.3, -0.25) is 19.2 Å². The van der Waals surface area contributed by atoms with Crippen molar-refractivity contribution in [3.8, 4) is 0 Å². The van der Waals surface area contributed by atoms with Crippen molar-refractivity contribution in [1.82, 2.24) is 16.0 Å². The van der Waals surface area contributed by atoms with E-state index in [4.69, 9.17) is 15.9 Å². The number of aliphatic carboxylic acids is 2. The third kappa shape index (κ3) is 10.1. The topological polar surface area (TPSA) is 188 Å². The Kier molecular flexibility index (Phi) is 9.34. The van der Waals surface area contributed by atoms with E-state index in [0.29, 0.717) is 0 Å². The number of rotatable bonds is 9. The van der Waals surface area contributed by atoms with Crippen molar-refractivity contribution < 1.29 is 34.2 Å². The number of nitrogens with two attached hydrogens (primary N) is 1. The van der Waals surface area contributed by atoms with Gasteiger partial charge in [0.1, 0.15) is 18.6 Å². The summed E-state index contributed by atoms with van der Waals surface area (Å²) in [5, 5.41) is 23.2. The van der Waals surface area contributed by atoms with Crippen LogP contribution in [0, 0.1) is 0 Å². The van der Waals surface area contributed by atoms with E-state index in [1.165, 1.54) is 6.92 Å². The van der Waals surface area contributed by atoms with E-state index in [1.807, 2.05) is 0 Å². The molecule has 0 radical (unpaired) electrons. The zero-order chi connectivity index (χ0) is 18.0. The first kappa shape index (κ1) is 20.7. The number of amides is 3. The van der Waals surface area contributed by atoms with Gasteiger partial charge in [0.15, 0.2) is 5.12 Å². The fourth-order valence-electron chi connectivity index (χ4n) is 1.17. The van der Waals surface area contributed by atoms with Gasteiger partial charge in [-0.05, 0) is 0 Å². The molecule has 0 aromatic carbocycles. The molecule has 0 saturated carbocycles. The van der Waals surface area contributed by atoms with Gasteiger partial charge < -0.3 is 31.9 Å². The van der Waals surface area contributed by atoms with Gasteiger partial charge in [0.2, 0.25) is 5.91 Å². The average molecular weight is 350 g/mol. The van der Waals surface area contributed by atoms with Crippen molar-refractivity contribution in [2.24, 2.45) is 5.73 Å². The Balaban J connectivity index is 4.57. The first-order chi connectivity index (χ1) is 10.6. The molecule has 130 valence electrons. The first-order valence-electron chi connectivity index (χ1n) is 6.29. The van der Waals surface area contributed by atoms with E-state index in [2.05, 4.69) is 16.0 Å². The third-order valence-electron chi connectivity index (χ3n) is 2.29. The SMILES string of the molecule is CC(=O)SCC(NC(=O)NC[C@H](N)C(=O)O)C(=O)NCC(=O)O. The first-order valence-corrected chi connectivity index (χ1v) is 7.27. The van der Waals surface area contributed by atoms with Crippen molar-refractivity contribution in [3.05, 3.63) is 0 Å². The number of thioether (sulfide) groups is 1. The quantitative estimate of drug-likeness (QED) is 0.262. The maximum Gasteiger partial charge on any atom is 0.322 e. The minimum absolute atomic E-state index is 0.112. The largest absolute Gasteiger partial charge is 0.480 e. The maximum atomic E-state index is 11.8. The Morgan fingerprint density at radius 3 is 2.22 bits per heavy atom. The standard InChI is InChI=1S/C11H18N4O7S/c1-5(16)23-4-7(9(19)13-3-8(17)18)15-11(22)14-2-6(12)10(20)21/h6-7H,2-4,12H2,1H3,(H,13,19)(H,17,18)(H,20,21)(H2,14,15,22)/t6-,7?/m0/s1. The summed E-state index contributed by atoms with van der Waals surface area (Å²) in [5.74, 6) is -3.49. The molecule has 0 bridgehead atoms. The summed E-state index contributed by atoms with van der Waals surface area (Å²) in [6, 6.07) is -3.36. The van der Waals surface area contributed by atoms with Crippen molar-refractivity contribution >= 4 is 40.8 Å². The molecule has 0 rings (SSSR count). The molecule has 0 aromatic heterocycles. The molecule has 0 aromatic rings. The Morgan fingerprint density at radius 1 is 1.13 bits per heavy atom. The predicted octanol–water partition coefficient (Wildman–Crippen LogP) is -2.45. The normalized spacial score (nSPS) is 12.6. The van der Waals surface area contributed by atoms with Crippen LogP contribution < -0.4 is 21.7 Å². The van der Waals surface area contributed by atoms with Gasteiger partial charge in [-0.1, -0.05) is 11.8 Å². The lowest BCUT2D eigenvalue weighted by Crippen LogP contribution is -2.54. The van der Waals surface area contributed by atoms with Crippen LogP contribution in [0.2, 0.25) is 0 Å². The number of carboxylic acids is 2. The van der Waals surface area contributed by atoms with E-state index in [1.54, 1.807) is 0 Å². The molecule has 23 heavy (non-hydrogen) atoms. The van der Waals surface area contributed by atoms with Crippen LogP contribution in [-0.2, 0) is 19.2 Å². The molecule has 12 heteroatoms. The Labute approximate surface area is 135 Å². The van der Waals surface area contributed by atoms with Crippen LogP contribution in [-0.4, -0.2) is 70.1 Å². The zero-order valence-electron chi connectivity index (χ0n) is 12.2. The highest BCUT2D eigenvalue weighted by Gasteiger charge is 2.22. The van der Waals surface area contributed by atoms with Gasteiger partial charge >= 0.3 is 18.0 Å².